The first-order chi connectivity index (χ1) is 60.9. The number of nitrogens with zero attached hydrogens (tertiary/aromatic N) is 7. The molecule has 0 aliphatic rings. The van der Waals surface area contributed by atoms with Crippen LogP contribution in [0.3, 0.4) is 0 Å². The summed E-state index contributed by atoms with van der Waals surface area (Å²) in [5.74, 6) is 2.38. The average Bonchev–Trinajstić information content (AvgIpc) is 1.67. The van der Waals surface area contributed by atoms with E-state index < -0.39 is 5.20 Å². The molecule has 12 N–H and O–H groups in total. The molecule has 128 heavy (non-hydrogen) atoms. The third-order valence-corrected chi connectivity index (χ3v) is 12.9. The molecule has 0 unspecified atom stereocenters. The minimum absolute atomic E-state index is 0. The molecule has 0 bridgehead atoms. The number of nitrogens with one attached hydrogen (secondary N) is 8. The smallest absolute Gasteiger partial charge is 1.00 e. The largest absolute Gasteiger partial charge is 1.00 e. The molecule has 0 aliphatic heterocycles. The van der Waals surface area contributed by atoms with Gasteiger partial charge in [0.05, 0.1) is 31.9 Å². The number of carbonyl (C=O) groups excluding carboxylic acids is 1. The van der Waals surface area contributed by atoms with Crippen LogP contribution in [0.15, 0.2) is 275 Å². The van der Waals surface area contributed by atoms with Crippen LogP contribution in [0.4, 0.5) is 40.6 Å². The van der Waals surface area contributed by atoms with E-state index in [-0.39, 0.29) is 168 Å². The van der Waals surface area contributed by atoms with Gasteiger partial charge in [-0.15, -0.1) is 0 Å². The molecule has 7 heterocycles. The molecule has 13 aromatic rings. The van der Waals surface area contributed by atoms with Crippen molar-refractivity contribution in [3.8, 4) is 5.82 Å². The first kappa shape index (κ1) is 145. The Kier molecular flexibility index (Phi) is 126. The van der Waals surface area contributed by atoms with Crippen molar-refractivity contribution >= 4 is 143 Å². The molecule has 36 heteroatoms. The number of nitrogen functional groups attached to an aromatic ring is 1. The summed E-state index contributed by atoms with van der Waals surface area (Å²) in [7, 11) is 0. The number of thioether (sulfide) groups is 1. The second kappa shape index (κ2) is 111. The molecule has 6 aromatic carbocycles. The number of nitrogens with two attached hydrogens (primary N) is 1. The topological polar surface area (TPSA) is 400 Å². The van der Waals surface area contributed by atoms with Crippen LogP contribution in [-0.2, 0) is 28.5 Å². The van der Waals surface area contributed by atoms with Crippen molar-refractivity contribution in [2.75, 3.05) is 67.6 Å². The Morgan fingerprint density at radius 3 is 1.23 bits per heavy atom. The van der Waals surface area contributed by atoms with Crippen LogP contribution in [-0.4, -0.2) is 117 Å². The van der Waals surface area contributed by atoms with Gasteiger partial charge >= 0.3 is 143 Å². The van der Waals surface area contributed by atoms with Crippen molar-refractivity contribution in [1.29, 1.82) is 0 Å². The van der Waals surface area contributed by atoms with Gasteiger partial charge in [-0.1, -0.05) is 285 Å². The molecule has 0 spiro atoms. The van der Waals surface area contributed by atoms with E-state index in [0.717, 1.165) is 47.3 Å². The van der Waals surface area contributed by atoms with Crippen LogP contribution in [0.25, 0.3) is 27.6 Å². The number of hydrogen-bond acceptors (Lipinski definition) is 22. The van der Waals surface area contributed by atoms with Gasteiger partial charge < -0.3 is 72.5 Å². The van der Waals surface area contributed by atoms with E-state index in [1.165, 1.54) is 64.8 Å². The van der Waals surface area contributed by atoms with Crippen LogP contribution in [0, 0.1) is 4.77 Å². The van der Waals surface area contributed by atoms with Gasteiger partial charge in [0.25, 0.3) is 23.2 Å². The van der Waals surface area contributed by atoms with Crippen molar-refractivity contribution in [2.45, 2.75) is 171 Å². The van der Waals surface area contributed by atoms with E-state index in [0.29, 0.717) is 59.4 Å². The molecule has 7 aromatic heterocycles. The van der Waals surface area contributed by atoms with Crippen LogP contribution in [0.1, 0.15) is 168 Å². The van der Waals surface area contributed by atoms with Gasteiger partial charge in [0.15, 0.2) is 9.93 Å². The Bertz CT molecular complexity index is 4670. The quantitative estimate of drug-likeness (QED) is 0.00390. The minimum Gasteiger partial charge on any atom is -1.00 e. The Balaban J connectivity index is -0.000000117. The molecule has 0 atom stereocenters. The Morgan fingerprint density at radius 1 is 0.477 bits per heavy atom. The maximum atomic E-state index is 10.9. The Labute approximate surface area is 910 Å². The number of hydrogen-bond donors (Lipinski definition) is 9. The number of rotatable bonds is 17. The predicted octanol–water partition coefficient (Wildman–Crippen LogP) is 19.8. The molecule has 0 amide bonds. The number of para-hydroxylation sites is 6. The molecule has 0 saturated carbocycles. The Hall–Kier alpha value is -6.27. The van der Waals surface area contributed by atoms with Crippen molar-refractivity contribution < 1.29 is 178 Å². The summed E-state index contributed by atoms with van der Waals surface area (Å²) in [5, 5.41) is 18.0. The van der Waals surface area contributed by atoms with Crippen molar-refractivity contribution in [1.82, 2.24) is 59.4 Å². The summed E-state index contributed by atoms with van der Waals surface area (Å²) >= 11 is 25.6. The van der Waals surface area contributed by atoms with Crippen LogP contribution < -0.4 is 181 Å². The third kappa shape index (κ3) is 86.4. The van der Waals surface area contributed by atoms with E-state index in [4.69, 9.17) is 41.6 Å². The monoisotopic (exact) mass is 2150 g/mol. The number of halogens is 4. The van der Waals surface area contributed by atoms with Gasteiger partial charge in [0.2, 0.25) is 17.8 Å². The molecule has 0 saturated heterocycles. The molecular weight excluding hydrogens is 2010 g/mol. The van der Waals surface area contributed by atoms with E-state index in [1.54, 1.807) is 18.5 Å². The second-order valence-electron chi connectivity index (χ2n) is 19.3. The first-order valence-electron chi connectivity index (χ1n) is 41.6. The van der Waals surface area contributed by atoms with Gasteiger partial charge in [-0.25, -0.2) is 24.9 Å². The molecule has 0 fully saturated rings. The predicted molar refractivity (Wildman–Crippen MR) is 544 cm³/mol. The van der Waals surface area contributed by atoms with Crippen molar-refractivity contribution in [3.05, 3.63) is 297 Å². The number of H-pyrrole nitrogens is 5. The fraction of sp³-hybridized carbons (Fsp3) is 0.337. The zero-order valence-corrected chi connectivity index (χ0v) is 98.2. The average molecular weight is 2150 g/mol. The van der Waals surface area contributed by atoms with Crippen molar-refractivity contribution in [2.24, 2.45) is 0 Å². The first-order valence-corrected chi connectivity index (χ1v) is 48.1. The van der Waals surface area contributed by atoms with Crippen LogP contribution in [0.5, 0.6) is 0 Å². The number of carbonyl (C=O) groups is 1. The minimum atomic E-state index is -3.22. The van der Waals surface area contributed by atoms with E-state index in [9.17, 15) is 18.9 Å². The van der Waals surface area contributed by atoms with E-state index in [2.05, 4.69) is 163 Å². The van der Waals surface area contributed by atoms with Gasteiger partial charge in [0.1, 0.15) is 11.0 Å². The van der Waals surface area contributed by atoms with E-state index in [1.807, 2.05) is 336 Å². The second-order valence-corrected chi connectivity index (χ2v) is 27.5. The summed E-state index contributed by atoms with van der Waals surface area (Å²) in [4.78, 5) is 81.1. The van der Waals surface area contributed by atoms with E-state index >= 15 is 0 Å². The summed E-state index contributed by atoms with van der Waals surface area (Å²) in [5.41, 5.74) is 10.9. The fourth-order valence-electron chi connectivity index (χ4n) is 7.53. The van der Waals surface area contributed by atoms with Crippen LogP contribution >= 0.6 is 74.5 Å². The molecule has 0 radical (unpaired) electrons. The molecular formula is C92H143Cl4Cs2N16O11PS2. The Morgan fingerprint density at radius 2 is 0.852 bits per heavy atom. The SMILES string of the molecule is CC.CC.CC.CC.CC.CC.CC.CC.CC.CC.CC.CCOCCOCCOCC.CSc1nccc(=O)[nH]1.Clc1ccnc(Nc2ccccc2)n1.Nc1ccccc1.O.O=CO[O-].O=P(Cl)(Cl)Cl.O=c1cc[nH]c(=S)[nH]1.O=c1ccnc(Nc2ccccc2)[nH]1.[Cs+].[Cs+].[H-].c1ccc(Nc2nccc(-n3ccc4ccccc43)n2)cc1.c1ccc2[nH]ccc2c1. The summed E-state index contributed by atoms with van der Waals surface area (Å²) in [6.07, 6.45) is 13.7. The van der Waals surface area contributed by atoms with Gasteiger partial charge in [-0.3, -0.25) is 33.7 Å². The molecule has 13 rings (SSSR count). The standard InChI is InChI=1S/C18H14N4.C10H8ClN3.C10H9N3O.C8H7N.C8H18O3.C6H7N.C5H6N2OS.C4H4N2OS.11C2H6.CH2O3.Cl3OP.2Cs.H2O.H/c1-2-7-15(8-3-1)20-18-19-12-10-17(21-18)22-13-11-14-6-4-5-9-16(14)22;11-9-6-7-12-10(14-9)13-8-4-2-1-3-5-8;14-9-6-7-11-10(13-9)12-8-4-2-1-3-5-8;1-2-4-8-7(3-1)5-6-9-8;1-3-9-5-7-11-8-6-10-4-2;7-6-4-2-1-3-5-6;1-9-5-6-3-2-4(8)7-5;7-3-1-2-5-4(8)6-3;11*1-2;2-1-4-3;1-5(2,3)4;;;;/h1-13H,(H,19,20,21);1-7H,(H,12,13,14);1-7H,(H2,11,12,13,14);1-6,9H;3-8H2,1-2H3;1-5H,7H2;2-3H,1H3,(H,6,7,8);1-2H,(H2,5,6,7,8);11*1-2H3;1,3H;;;;1H2;/q;;;;;;;;;;;;;;;;;;;;;2*+1;;-1/p-1. The zero-order chi connectivity index (χ0) is 96.6. The maximum Gasteiger partial charge on any atom is 1.00 e. The number of benzene rings is 6. The zero-order valence-electron chi connectivity index (χ0n) is 81.1. The molecule has 0 aliphatic carbocycles. The number of aromatic amines is 5. The van der Waals surface area contributed by atoms with Crippen molar-refractivity contribution in [3.63, 3.8) is 0 Å². The summed E-state index contributed by atoms with van der Waals surface area (Å²) in [6, 6.07) is 66.9. The molecule has 27 nitrogen and oxygen atoms in total. The fourth-order valence-corrected chi connectivity index (χ4v) is 8.20. The maximum absolute atomic E-state index is 10.9. The number of anilines is 7. The van der Waals surface area contributed by atoms with Gasteiger partial charge in [0, 0.05) is 103 Å². The summed E-state index contributed by atoms with van der Waals surface area (Å²) < 4.78 is 27.3. The van der Waals surface area contributed by atoms with Crippen LogP contribution in [0.2, 0.25) is 5.15 Å². The number of aromatic nitrogens is 12. The third-order valence-electron chi connectivity index (χ3n) is 11.9. The molecule has 704 valence electrons. The normalized spacial score (nSPS) is 8.42. The number of fused-ring (bicyclic) bond motifs is 2. The van der Waals surface area contributed by atoms with Gasteiger partial charge in [-0.2, -0.15) is 4.98 Å². The van der Waals surface area contributed by atoms with Gasteiger partial charge in [-0.05, 0) is 162 Å². The summed E-state index contributed by atoms with van der Waals surface area (Å²) in [6.45, 7) is 52.0. The number of ether oxygens (including phenoxy) is 3.